The Morgan fingerprint density at radius 3 is 2.68 bits per heavy atom. The van der Waals surface area contributed by atoms with Crippen molar-refractivity contribution in [1.82, 2.24) is 0 Å². The molecule has 1 atom stereocenters. The van der Waals surface area contributed by atoms with Crippen molar-refractivity contribution >= 4 is 11.6 Å². The summed E-state index contributed by atoms with van der Waals surface area (Å²) >= 11 is 6.06. The van der Waals surface area contributed by atoms with Crippen LogP contribution >= 0.6 is 11.6 Å². The number of benzene rings is 2. The van der Waals surface area contributed by atoms with Crippen LogP contribution in [0.2, 0.25) is 5.02 Å². The van der Waals surface area contributed by atoms with Crippen molar-refractivity contribution in [1.29, 1.82) is 0 Å². The Kier molecular flexibility index (Phi) is 4.40. The van der Waals surface area contributed by atoms with Gasteiger partial charge in [0.1, 0.15) is 18.2 Å². The largest absolute Gasteiger partial charge is 0.487 e. The fourth-order valence-electron chi connectivity index (χ4n) is 1.68. The number of halogens is 2. The number of hydrogen-bond donors (Lipinski definition) is 1. The topological polar surface area (TPSA) is 29.5 Å². The van der Waals surface area contributed by atoms with E-state index in [-0.39, 0.29) is 12.4 Å². The van der Waals surface area contributed by atoms with Crippen molar-refractivity contribution in [3.63, 3.8) is 0 Å². The fourth-order valence-corrected chi connectivity index (χ4v) is 1.93. The Hall–Kier alpha value is -1.58. The molecule has 19 heavy (non-hydrogen) atoms. The molecule has 4 heteroatoms. The molecule has 0 saturated heterocycles. The Morgan fingerprint density at radius 1 is 1.26 bits per heavy atom. The van der Waals surface area contributed by atoms with Crippen LogP contribution in [0, 0.1) is 5.82 Å². The molecule has 0 spiro atoms. The van der Waals surface area contributed by atoms with E-state index in [9.17, 15) is 9.50 Å². The highest BCUT2D eigenvalue weighted by Gasteiger charge is 2.07. The normalized spacial score (nSPS) is 12.2. The Balaban J connectivity index is 2.07. The predicted octanol–water partition coefficient (Wildman–Crippen LogP) is 4.11. The molecular formula is C15H14ClFO2. The van der Waals surface area contributed by atoms with Crippen LogP contribution in [0.1, 0.15) is 24.2 Å². The van der Waals surface area contributed by atoms with Gasteiger partial charge in [0.2, 0.25) is 0 Å². The van der Waals surface area contributed by atoms with Crippen molar-refractivity contribution in [2.24, 2.45) is 0 Å². The molecule has 0 aromatic heterocycles. The minimum absolute atomic E-state index is 0.242. The third-order valence-electron chi connectivity index (χ3n) is 2.72. The molecule has 0 aliphatic rings. The van der Waals surface area contributed by atoms with Crippen molar-refractivity contribution < 1.29 is 14.2 Å². The lowest BCUT2D eigenvalue weighted by atomic mass is 10.1. The molecule has 2 rings (SSSR count). The zero-order valence-electron chi connectivity index (χ0n) is 10.4. The molecule has 0 saturated carbocycles. The summed E-state index contributed by atoms with van der Waals surface area (Å²) in [5, 5.41) is 9.86. The highest BCUT2D eigenvalue weighted by atomic mass is 35.5. The van der Waals surface area contributed by atoms with Crippen molar-refractivity contribution in [2.45, 2.75) is 19.6 Å². The number of rotatable bonds is 4. The molecule has 2 aromatic rings. The SMILES string of the molecule is CC(O)c1ccc(OCc2cccc(F)c2)c(Cl)c1. The molecule has 100 valence electrons. The van der Waals surface area contributed by atoms with Crippen molar-refractivity contribution in [3.05, 3.63) is 64.4 Å². The minimum Gasteiger partial charge on any atom is -0.487 e. The lowest BCUT2D eigenvalue weighted by molar-refractivity contribution is 0.199. The molecular weight excluding hydrogens is 267 g/mol. The Bertz CT molecular complexity index is 570. The molecule has 1 N–H and O–H groups in total. The maximum absolute atomic E-state index is 13.0. The standard InChI is InChI=1S/C15H14ClFO2/c1-10(18)12-5-6-15(14(16)8-12)19-9-11-3-2-4-13(17)7-11/h2-8,10,18H,9H2,1H3. The van der Waals surface area contributed by atoms with Crippen LogP contribution in [0.3, 0.4) is 0 Å². The average molecular weight is 281 g/mol. The summed E-state index contributed by atoms with van der Waals surface area (Å²) in [4.78, 5) is 0. The summed E-state index contributed by atoms with van der Waals surface area (Å²) in [5.74, 6) is 0.215. The van der Waals surface area contributed by atoms with E-state index in [0.717, 1.165) is 11.1 Å². The van der Waals surface area contributed by atoms with Gasteiger partial charge in [0.25, 0.3) is 0 Å². The molecule has 0 aliphatic carbocycles. The maximum atomic E-state index is 13.0. The first-order valence-corrected chi connectivity index (χ1v) is 6.29. The summed E-state index contributed by atoms with van der Waals surface area (Å²) in [6.45, 7) is 1.91. The van der Waals surface area contributed by atoms with Crippen LogP contribution in [0.4, 0.5) is 4.39 Å². The van der Waals surface area contributed by atoms with Crippen LogP contribution in [0.15, 0.2) is 42.5 Å². The average Bonchev–Trinajstić information content (AvgIpc) is 2.37. The molecule has 0 fully saturated rings. The van der Waals surface area contributed by atoms with E-state index >= 15 is 0 Å². The number of ether oxygens (including phenoxy) is 1. The van der Waals surface area contributed by atoms with E-state index in [0.29, 0.717) is 10.8 Å². The highest BCUT2D eigenvalue weighted by Crippen LogP contribution is 2.28. The zero-order chi connectivity index (χ0) is 13.8. The van der Waals surface area contributed by atoms with Gasteiger partial charge in [-0.05, 0) is 42.3 Å². The summed E-state index contributed by atoms with van der Waals surface area (Å²) in [5.41, 5.74) is 1.46. The molecule has 0 radical (unpaired) electrons. The monoisotopic (exact) mass is 280 g/mol. The van der Waals surface area contributed by atoms with E-state index in [2.05, 4.69) is 0 Å². The van der Waals surface area contributed by atoms with Gasteiger partial charge in [-0.1, -0.05) is 29.8 Å². The van der Waals surface area contributed by atoms with Gasteiger partial charge in [-0.15, -0.1) is 0 Å². The summed E-state index contributed by atoms with van der Waals surface area (Å²) in [6.07, 6.45) is -0.574. The van der Waals surface area contributed by atoms with Crippen LogP contribution < -0.4 is 4.74 Å². The quantitative estimate of drug-likeness (QED) is 0.913. The first-order chi connectivity index (χ1) is 9.06. The lowest BCUT2D eigenvalue weighted by Crippen LogP contribution is -1.98. The molecule has 0 amide bonds. The smallest absolute Gasteiger partial charge is 0.138 e. The van der Waals surface area contributed by atoms with Crippen LogP contribution in [0.5, 0.6) is 5.75 Å². The molecule has 0 aliphatic heterocycles. The second-order valence-electron chi connectivity index (χ2n) is 4.28. The molecule has 1 unspecified atom stereocenters. The van der Waals surface area contributed by atoms with Gasteiger partial charge in [-0.2, -0.15) is 0 Å². The predicted molar refractivity (Wildman–Crippen MR) is 72.8 cm³/mol. The first kappa shape index (κ1) is 13.8. The van der Waals surface area contributed by atoms with Gasteiger partial charge >= 0.3 is 0 Å². The Labute approximate surface area is 116 Å². The summed E-state index contributed by atoms with van der Waals surface area (Å²) in [7, 11) is 0. The second kappa shape index (κ2) is 6.04. The highest BCUT2D eigenvalue weighted by molar-refractivity contribution is 6.32. The van der Waals surface area contributed by atoms with Gasteiger partial charge in [0, 0.05) is 0 Å². The van der Waals surface area contributed by atoms with Gasteiger partial charge in [0.15, 0.2) is 0 Å². The molecule has 2 aromatic carbocycles. The minimum atomic E-state index is -0.574. The maximum Gasteiger partial charge on any atom is 0.138 e. The van der Waals surface area contributed by atoms with E-state index in [1.807, 2.05) is 0 Å². The van der Waals surface area contributed by atoms with E-state index < -0.39 is 6.10 Å². The molecule has 2 nitrogen and oxygen atoms in total. The van der Waals surface area contributed by atoms with Crippen molar-refractivity contribution in [3.8, 4) is 5.75 Å². The Morgan fingerprint density at radius 2 is 2.05 bits per heavy atom. The molecule has 0 bridgehead atoms. The number of aliphatic hydroxyl groups excluding tert-OH is 1. The molecule has 0 heterocycles. The van der Waals surface area contributed by atoms with Crippen LogP contribution in [-0.2, 0) is 6.61 Å². The van der Waals surface area contributed by atoms with E-state index in [4.69, 9.17) is 16.3 Å². The van der Waals surface area contributed by atoms with E-state index in [1.165, 1.54) is 12.1 Å². The summed E-state index contributed by atoms with van der Waals surface area (Å²) < 4.78 is 18.5. The van der Waals surface area contributed by atoms with Gasteiger partial charge in [-0.3, -0.25) is 0 Å². The van der Waals surface area contributed by atoms with Crippen LogP contribution in [-0.4, -0.2) is 5.11 Å². The number of aliphatic hydroxyl groups is 1. The first-order valence-electron chi connectivity index (χ1n) is 5.91. The second-order valence-corrected chi connectivity index (χ2v) is 4.69. The fraction of sp³-hybridized carbons (Fsp3) is 0.200. The summed E-state index contributed by atoms with van der Waals surface area (Å²) in [6, 6.07) is 11.3. The van der Waals surface area contributed by atoms with Crippen LogP contribution in [0.25, 0.3) is 0 Å². The van der Waals surface area contributed by atoms with E-state index in [1.54, 1.807) is 37.3 Å². The zero-order valence-corrected chi connectivity index (χ0v) is 11.2. The van der Waals surface area contributed by atoms with Gasteiger partial charge < -0.3 is 9.84 Å². The number of hydrogen-bond acceptors (Lipinski definition) is 2. The van der Waals surface area contributed by atoms with Gasteiger partial charge in [0.05, 0.1) is 11.1 Å². The third kappa shape index (κ3) is 3.69. The third-order valence-corrected chi connectivity index (χ3v) is 3.02. The van der Waals surface area contributed by atoms with Crippen molar-refractivity contribution in [2.75, 3.05) is 0 Å². The van der Waals surface area contributed by atoms with Gasteiger partial charge in [-0.25, -0.2) is 4.39 Å². The lowest BCUT2D eigenvalue weighted by Gasteiger charge is -2.11.